The van der Waals surface area contributed by atoms with Crippen molar-refractivity contribution in [2.75, 3.05) is 12.4 Å². The third-order valence-corrected chi connectivity index (χ3v) is 4.75. The van der Waals surface area contributed by atoms with E-state index < -0.39 is 17.7 Å². The van der Waals surface area contributed by atoms with Crippen LogP contribution in [0.5, 0.6) is 0 Å². The van der Waals surface area contributed by atoms with Crippen LogP contribution < -0.4 is 5.73 Å². The van der Waals surface area contributed by atoms with Crippen molar-refractivity contribution in [3.8, 4) is 0 Å². The summed E-state index contributed by atoms with van der Waals surface area (Å²) in [6.07, 6.45) is 1.20. The minimum absolute atomic E-state index is 0.208. The maximum absolute atomic E-state index is 13.5. The molecular formula is C13H17F2NOS. The highest BCUT2D eigenvalue weighted by molar-refractivity contribution is 8.00. The zero-order chi connectivity index (χ0) is 13.1. The summed E-state index contributed by atoms with van der Waals surface area (Å²) in [5.41, 5.74) is 6.16. The molecule has 100 valence electrons. The molecule has 0 aliphatic carbocycles. The average Bonchev–Trinajstić information content (AvgIpc) is 2.75. The zero-order valence-electron chi connectivity index (χ0n) is 10.2. The summed E-state index contributed by atoms with van der Waals surface area (Å²) < 4.78 is 32.0. The molecule has 0 bridgehead atoms. The third-order valence-electron chi connectivity index (χ3n) is 3.15. The van der Waals surface area contributed by atoms with Crippen LogP contribution in [0.2, 0.25) is 0 Å². The van der Waals surface area contributed by atoms with Gasteiger partial charge in [0.25, 0.3) is 0 Å². The number of hydrogen-bond donors (Lipinski definition) is 1. The molecule has 0 saturated carbocycles. The number of thioether (sulfide) groups is 1. The van der Waals surface area contributed by atoms with Gasteiger partial charge in [0, 0.05) is 29.2 Å². The summed E-state index contributed by atoms with van der Waals surface area (Å²) in [6.45, 7) is 2.79. The highest BCUT2D eigenvalue weighted by atomic mass is 32.2. The van der Waals surface area contributed by atoms with E-state index in [0.29, 0.717) is 11.0 Å². The van der Waals surface area contributed by atoms with Gasteiger partial charge in [-0.15, -0.1) is 0 Å². The molecule has 3 unspecified atom stereocenters. The summed E-state index contributed by atoms with van der Waals surface area (Å²) in [5, 5.41) is 0.396. The first-order valence-electron chi connectivity index (χ1n) is 6.01. The van der Waals surface area contributed by atoms with E-state index in [1.54, 1.807) is 11.8 Å². The van der Waals surface area contributed by atoms with E-state index in [1.807, 2.05) is 6.92 Å². The van der Waals surface area contributed by atoms with Crippen LogP contribution in [-0.2, 0) is 4.74 Å². The van der Waals surface area contributed by atoms with E-state index in [4.69, 9.17) is 10.5 Å². The summed E-state index contributed by atoms with van der Waals surface area (Å²) in [4.78, 5) is 0. The molecule has 0 aromatic heterocycles. The normalized spacial score (nSPS) is 25.3. The number of ether oxygens (including phenoxy) is 1. The van der Waals surface area contributed by atoms with Crippen LogP contribution in [-0.4, -0.2) is 23.7 Å². The fraction of sp³-hybridized carbons (Fsp3) is 0.538. The van der Waals surface area contributed by atoms with E-state index in [9.17, 15) is 8.78 Å². The Morgan fingerprint density at radius 1 is 1.50 bits per heavy atom. The van der Waals surface area contributed by atoms with Crippen LogP contribution in [0.3, 0.4) is 0 Å². The number of hydrogen-bond acceptors (Lipinski definition) is 3. The maximum atomic E-state index is 13.5. The third kappa shape index (κ3) is 3.22. The first-order valence-corrected chi connectivity index (χ1v) is 7.06. The molecule has 2 N–H and O–H groups in total. The van der Waals surface area contributed by atoms with Gasteiger partial charge in [-0.05, 0) is 31.5 Å². The Morgan fingerprint density at radius 3 is 2.94 bits per heavy atom. The molecule has 1 heterocycles. The van der Waals surface area contributed by atoms with Gasteiger partial charge in [0.15, 0.2) is 0 Å². The topological polar surface area (TPSA) is 35.2 Å². The largest absolute Gasteiger partial charge is 0.377 e. The van der Waals surface area contributed by atoms with Crippen molar-refractivity contribution < 1.29 is 13.5 Å². The summed E-state index contributed by atoms with van der Waals surface area (Å²) in [7, 11) is 0. The lowest BCUT2D eigenvalue weighted by Crippen LogP contribution is -2.20. The Hall–Kier alpha value is -0.650. The van der Waals surface area contributed by atoms with Gasteiger partial charge in [-0.1, -0.05) is 0 Å². The molecule has 2 rings (SSSR count). The van der Waals surface area contributed by atoms with Crippen LogP contribution in [0, 0.1) is 11.6 Å². The van der Waals surface area contributed by atoms with Crippen molar-refractivity contribution in [3.05, 3.63) is 35.4 Å². The van der Waals surface area contributed by atoms with Crippen LogP contribution in [0.4, 0.5) is 8.78 Å². The van der Waals surface area contributed by atoms with Gasteiger partial charge in [-0.3, -0.25) is 0 Å². The smallest absolute Gasteiger partial charge is 0.128 e. The average molecular weight is 273 g/mol. The van der Waals surface area contributed by atoms with Gasteiger partial charge < -0.3 is 10.5 Å². The minimum atomic E-state index is -0.488. The van der Waals surface area contributed by atoms with Gasteiger partial charge >= 0.3 is 0 Å². The monoisotopic (exact) mass is 273 g/mol. The van der Waals surface area contributed by atoms with Crippen molar-refractivity contribution in [3.63, 3.8) is 0 Å². The number of rotatable bonds is 4. The Bertz CT molecular complexity index is 416. The first kappa shape index (κ1) is 13.8. The molecule has 1 aliphatic rings. The number of nitrogens with two attached hydrogens (primary N) is 1. The van der Waals surface area contributed by atoms with E-state index in [1.165, 1.54) is 6.07 Å². The lowest BCUT2D eigenvalue weighted by atomic mass is 10.1. The Balaban J connectivity index is 1.94. The standard InChI is InChI=1S/C13H17F2NOS/c1-8-13(4-5-17-8)18-7-12(16)10-6-9(14)2-3-11(10)15/h2-3,6,8,12-13H,4-5,7,16H2,1H3. The highest BCUT2D eigenvalue weighted by Crippen LogP contribution is 2.29. The first-order chi connectivity index (χ1) is 8.58. The van der Waals surface area contributed by atoms with Crippen molar-refractivity contribution >= 4 is 11.8 Å². The number of halogens is 2. The Morgan fingerprint density at radius 2 is 2.28 bits per heavy atom. The molecule has 0 radical (unpaired) electrons. The van der Waals surface area contributed by atoms with Crippen molar-refractivity contribution in [2.45, 2.75) is 30.7 Å². The molecule has 3 atom stereocenters. The van der Waals surface area contributed by atoms with Crippen LogP contribution >= 0.6 is 11.8 Å². The second-order valence-corrected chi connectivity index (χ2v) is 5.78. The lowest BCUT2D eigenvalue weighted by Gasteiger charge is -2.17. The minimum Gasteiger partial charge on any atom is -0.377 e. The SMILES string of the molecule is CC1OCCC1SCC(N)c1cc(F)ccc1F. The second-order valence-electron chi connectivity index (χ2n) is 4.51. The van der Waals surface area contributed by atoms with Gasteiger partial charge in [0.2, 0.25) is 0 Å². The van der Waals surface area contributed by atoms with Gasteiger partial charge in [0.1, 0.15) is 11.6 Å². The van der Waals surface area contributed by atoms with Crippen molar-refractivity contribution in [2.24, 2.45) is 5.73 Å². The quantitative estimate of drug-likeness (QED) is 0.916. The van der Waals surface area contributed by atoms with Crippen LogP contribution in [0.15, 0.2) is 18.2 Å². The molecule has 2 nitrogen and oxygen atoms in total. The molecular weight excluding hydrogens is 256 g/mol. The molecule has 18 heavy (non-hydrogen) atoms. The molecule has 5 heteroatoms. The summed E-state index contributed by atoms with van der Waals surface area (Å²) in [6, 6.07) is 2.91. The predicted molar refractivity (Wildman–Crippen MR) is 69.6 cm³/mol. The van der Waals surface area contributed by atoms with Crippen LogP contribution in [0.25, 0.3) is 0 Å². The van der Waals surface area contributed by atoms with Gasteiger partial charge in [-0.25, -0.2) is 8.78 Å². The molecule has 1 aromatic rings. The zero-order valence-corrected chi connectivity index (χ0v) is 11.1. The highest BCUT2D eigenvalue weighted by Gasteiger charge is 2.25. The van der Waals surface area contributed by atoms with Crippen molar-refractivity contribution in [1.29, 1.82) is 0 Å². The molecule has 1 aliphatic heterocycles. The lowest BCUT2D eigenvalue weighted by molar-refractivity contribution is 0.127. The molecule has 1 aromatic carbocycles. The maximum Gasteiger partial charge on any atom is 0.128 e. The van der Waals surface area contributed by atoms with E-state index in [0.717, 1.165) is 25.2 Å². The summed E-state index contributed by atoms with van der Waals surface area (Å²) >= 11 is 1.67. The predicted octanol–water partition coefficient (Wildman–Crippen LogP) is 2.88. The van der Waals surface area contributed by atoms with E-state index >= 15 is 0 Å². The van der Waals surface area contributed by atoms with Crippen molar-refractivity contribution in [1.82, 2.24) is 0 Å². The Labute approximate surface area is 110 Å². The Kier molecular flexibility index (Phi) is 4.59. The second kappa shape index (κ2) is 5.99. The molecule has 0 spiro atoms. The van der Waals surface area contributed by atoms with Crippen LogP contribution in [0.1, 0.15) is 24.9 Å². The fourth-order valence-electron chi connectivity index (χ4n) is 2.05. The van der Waals surface area contributed by atoms with E-state index in [2.05, 4.69) is 0 Å². The molecule has 0 amide bonds. The molecule has 1 fully saturated rings. The van der Waals surface area contributed by atoms with Gasteiger partial charge in [-0.2, -0.15) is 11.8 Å². The summed E-state index contributed by atoms with van der Waals surface area (Å²) in [5.74, 6) is -0.330. The van der Waals surface area contributed by atoms with Gasteiger partial charge in [0.05, 0.1) is 6.10 Å². The fourth-order valence-corrected chi connectivity index (χ4v) is 3.29. The number of benzene rings is 1. The van der Waals surface area contributed by atoms with E-state index in [-0.39, 0.29) is 11.7 Å². The molecule has 1 saturated heterocycles.